The van der Waals surface area contributed by atoms with Crippen LogP contribution in [-0.2, 0) is 28.7 Å². The number of carbonyl (C=O) groups excluding carboxylic acids is 1. The molecule has 0 amide bonds. The summed E-state index contributed by atoms with van der Waals surface area (Å²) in [7, 11) is 0. The Kier molecular flexibility index (Phi) is 6.59. The third-order valence-electron chi connectivity index (χ3n) is 4.78. The summed E-state index contributed by atoms with van der Waals surface area (Å²) in [6.07, 6.45) is -5.18. The highest BCUT2D eigenvalue weighted by atomic mass is 35.5. The molecule has 0 fully saturated rings. The van der Waals surface area contributed by atoms with Gasteiger partial charge in [-0.1, -0.05) is 41.9 Å². The van der Waals surface area contributed by atoms with E-state index in [1.165, 1.54) is 4.57 Å². The molecular weight excluding hydrogens is 435 g/mol. The van der Waals surface area contributed by atoms with Crippen molar-refractivity contribution in [3.8, 4) is 0 Å². The van der Waals surface area contributed by atoms with Crippen LogP contribution in [-0.4, -0.2) is 28.2 Å². The number of nitrogens with zero attached hydrogens (tertiary/aromatic N) is 1. The highest BCUT2D eigenvalue weighted by Gasteiger charge is 2.34. The molecule has 1 N–H and O–H groups in total. The van der Waals surface area contributed by atoms with Crippen LogP contribution >= 0.6 is 11.6 Å². The van der Waals surface area contributed by atoms with Gasteiger partial charge < -0.3 is 14.4 Å². The number of rotatable bonds is 7. The molecule has 0 unspecified atom stereocenters. The number of carboxylic acid groups (broad SMARTS) is 1. The van der Waals surface area contributed by atoms with E-state index in [0.717, 1.165) is 17.7 Å². The molecule has 0 saturated heterocycles. The van der Waals surface area contributed by atoms with Crippen molar-refractivity contribution in [2.24, 2.45) is 0 Å². The zero-order valence-electron chi connectivity index (χ0n) is 16.5. The molecular formula is C22H19ClF3NO4. The number of aliphatic carboxylic acids is 1. The summed E-state index contributed by atoms with van der Waals surface area (Å²) in [5, 5.41) is 9.03. The van der Waals surface area contributed by atoms with Gasteiger partial charge >= 0.3 is 18.1 Å². The van der Waals surface area contributed by atoms with Crippen molar-refractivity contribution in [3.63, 3.8) is 0 Å². The largest absolute Gasteiger partial charge is 0.481 e. The zero-order valence-corrected chi connectivity index (χ0v) is 17.3. The average molecular weight is 454 g/mol. The maximum absolute atomic E-state index is 13.4. The molecule has 0 aliphatic carbocycles. The van der Waals surface area contributed by atoms with E-state index in [0.29, 0.717) is 0 Å². The van der Waals surface area contributed by atoms with Crippen molar-refractivity contribution < 1.29 is 32.6 Å². The molecule has 0 spiro atoms. The Labute approximate surface area is 181 Å². The number of benzene rings is 2. The fourth-order valence-corrected chi connectivity index (χ4v) is 3.83. The molecule has 0 bridgehead atoms. The van der Waals surface area contributed by atoms with Crippen LogP contribution in [0, 0.1) is 0 Å². The molecule has 9 heteroatoms. The first kappa shape index (κ1) is 22.7. The van der Waals surface area contributed by atoms with Gasteiger partial charge in [-0.05, 0) is 36.6 Å². The van der Waals surface area contributed by atoms with Gasteiger partial charge in [0.25, 0.3) is 0 Å². The number of aryl methyl sites for hydroxylation is 1. The summed E-state index contributed by atoms with van der Waals surface area (Å²) >= 11 is 6.28. The van der Waals surface area contributed by atoms with Crippen molar-refractivity contribution >= 4 is 34.4 Å². The maximum atomic E-state index is 13.4. The molecule has 0 radical (unpaired) electrons. The second kappa shape index (κ2) is 9.01. The first-order valence-electron chi connectivity index (χ1n) is 9.48. The smallest absolute Gasteiger partial charge is 0.416 e. The van der Waals surface area contributed by atoms with Crippen LogP contribution in [0.3, 0.4) is 0 Å². The average Bonchev–Trinajstić information content (AvgIpc) is 3.00. The third-order valence-corrected chi connectivity index (χ3v) is 5.07. The highest BCUT2D eigenvalue weighted by molar-refractivity contribution is 6.35. The number of aromatic nitrogens is 1. The Bertz CT molecular complexity index is 1120. The predicted molar refractivity (Wildman–Crippen MR) is 109 cm³/mol. The molecule has 0 aliphatic heterocycles. The van der Waals surface area contributed by atoms with Gasteiger partial charge in [0.2, 0.25) is 0 Å². The van der Waals surface area contributed by atoms with Gasteiger partial charge in [0.1, 0.15) is 5.69 Å². The number of esters is 1. The summed E-state index contributed by atoms with van der Waals surface area (Å²) in [5.41, 5.74) is 0.199. The number of hydrogen-bond donors (Lipinski definition) is 1. The van der Waals surface area contributed by atoms with Crippen LogP contribution < -0.4 is 0 Å². The minimum atomic E-state index is -4.66. The Morgan fingerprint density at radius 3 is 2.42 bits per heavy atom. The molecule has 1 heterocycles. The lowest BCUT2D eigenvalue weighted by Crippen LogP contribution is -2.15. The topological polar surface area (TPSA) is 68.5 Å². The zero-order chi connectivity index (χ0) is 22.8. The van der Waals surface area contributed by atoms with Crippen molar-refractivity contribution in [3.05, 3.63) is 69.9 Å². The number of ether oxygens (including phenoxy) is 1. The quantitative estimate of drug-likeness (QED) is 0.476. The van der Waals surface area contributed by atoms with Gasteiger partial charge in [-0.25, -0.2) is 4.79 Å². The highest BCUT2D eigenvalue weighted by Crippen LogP contribution is 2.39. The van der Waals surface area contributed by atoms with Crippen molar-refractivity contribution in [2.45, 2.75) is 32.5 Å². The van der Waals surface area contributed by atoms with Gasteiger partial charge in [0.15, 0.2) is 0 Å². The van der Waals surface area contributed by atoms with Gasteiger partial charge in [0.05, 0.1) is 22.7 Å². The van der Waals surface area contributed by atoms with E-state index >= 15 is 0 Å². The fourth-order valence-electron chi connectivity index (χ4n) is 3.51. The maximum Gasteiger partial charge on any atom is 0.416 e. The summed E-state index contributed by atoms with van der Waals surface area (Å²) in [6, 6.07) is 10.7. The lowest BCUT2D eigenvalue weighted by atomic mass is 10.0. The first-order valence-corrected chi connectivity index (χ1v) is 9.86. The SMILES string of the molecule is CCOC(=O)c1c(CCC(=O)O)c2cc(C(F)(F)F)cc(Cl)c2n1Cc1ccccc1. The molecule has 31 heavy (non-hydrogen) atoms. The summed E-state index contributed by atoms with van der Waals surface area (Å²) in [5.74, 6) is -1.89. The lowest BCUT2D eigenvalue weighted by molar-refractivity contribution is -0.138. The Hall–Kier alpha value is -3.00. The van der Waals surface area contributed by atoms with E-state index in [1.54, 1.807) is 31.2 Å². The van der Waals surface area contributed by atoms with Crippen LogP contribution in [0.4, 0.5) is 13.2 Å². The number of fused-ring (bicyclic) bond motifs is 1. The molecule has 164 valence electrons. The number of alkyl halides is 3. The fraction of sp³-hybridized carbons (Fsp3) is 0.273. The molecule has 0 saturated carbocycles. The molecule has 3 aromatic rings. The van der Waals surface area contributed by atoms with Crippen molar-refractivity contribution in [1.82, 2.24) is 4.57 Å². The van der Waals surface area contributed by atoms with Crippen LogP contribution in [0.25, 0.3) is 10.9 Å². The molecule has 0 aliphatic rings. The Balaban J connectivity index is 2.35. The number of hydrogen-bond acceptors (Lipinski definition) is 3. The number of carbonyl (C=O) groups is 2. The number of carboxylic acids is 1. The molecule has 2 aromatic carbocycles. The number of halogens is 4. The standard InChI is InChI=1S/C22H19ClF3NO4/c1-2-31-21(30)20-15(8-9-18(28)29)16-10-14(22(24,25)26)11-17(23)19(16)27(20)12-13-6-4-3-5-7-13/h3-7,10-11H,2,8-9,12H2,1H3,(H,28,29). The van der Waals surface area contributed by atoms with E-state index in [4.69, 9.17) is 21.4 Å². The molecule has 5 nitrogen and oxygen atoms in total. The minimum absolute atomic E-state index is 0.00294. The Morgan fingerprint density at radius 1 is 1.16 bits per heavy atom. The lowest BCUT2D eigenvalue weighted by Gasteiger charge is -2.13. The van der Waals surface area contributed by atoms with Gasteiger partial charge in [0, 0.05) is 18.4 Å². The molecule has 0 atom stereocenters. The van der Waals surface area contributed by atoms with Crippen LogP contribution in [0.1, 0.15) is 40.5 Å². The minimum Gasteiger partial charge on any atom is -0.481 e. The molecule has 3 rings (SSSR count). The van der Waals surface area contributed by atoms with Gasteiger partial charge in [-0.2, -0.15) is 13.2 Å². The van der Waals surface area contributed by atoms with Crippen molar-refractivity contribution in [2.75, 3.05) is 6.61 Å². The second-order valence-electron chi connectivity index (χ2n) is 6.87. The van der Waals surface area contributed by atoms with Gasteiger partial charge in [-0.3, -0.25) is 4.79 Å². The van der Waals surface area contributed by atoms with Crippen LogP contribution in [0.15, 0.2) is 42.5 Å². The van der Waals surface area contributed by atoms with E-state index in [-0.39, 0.29) is 53.2 Å². The van der Waals surface area contributed by atoms with E-state index < -0.39 is 23.7 Å². The van der Waals surface area contributed by atoms with E-state index in [2.05, 4.69) is 0 Å². The summed E-state index contributed by atoms with van der Waals surface area (Å²) in [6.45, 7) is 1.79. The third kappa shape index (κ3) is 4.85. The molecule has 1 aromatic heterocycles. The van der Waals surface area contributed by atoms with Crippen molar-refractivity contribution in [1.29, 1.82) is 0 Å². The first-order chi connectivity index (χ1) is 14.6. The van der Waals surface area contributed by atoms with Gasteiger partial charge in [-0.15, -0.1) is 0 Å². The summed E-state index contributed by atoms with van der Waals surface area (Å²) < 4.78 is 46.9. The normalized spacial score (nSPS) is 11.6. The van der Waals surface area contributed by atoms with Crippen LogP contribution in [0.2, 0.25) is 5.02 Å². The van der Waals surface area contributed by atoms with E-state index in [9.17, 15) is 22.8 Å². The Morgan fingerprint density at radius 2 is 1.84 bits per heavy atom. The van der Waals surface area contributed by atoms with E-state index in [1.807, 2.05) is 6.07 Å². The second-order valence-corrected chi connectivity index (χ2v) is 7.27. The monoisotopic (exact) mass is 453 g/mol. The summed E-state index contributed by atoms with van der Waals surface area (Å²) in [4.78, 5) is 24.0. The van der Waals surface area contributed by atoms with Crippen LogP contribution in [0.5, 0.6) is 0 Å². The predicted octanol–water partition coefficient (Wildman–Crippen LogP) is 5.56.